The van der Waals surface area contributed by atoms with Crippen LogP contribution < -0.4 is 5.32 Å². The van der Waals surface area contributed by atoms with Crippen molar-refractivity contribution in [2.45, 2.75) is 0 Å². The number of amides is 2. The summed E-state index contributed by atoms with van der Waals surface area (Å²) < 4.78 is 13.9. The molecule has 2 amide bonds. The zero-order valence-corrected chi connectivity index (χ0v) is 16.3. The highest BCUT2D eigenvalue weighted by atomic mass is 127. The van der Waals surface area contributed by atoms with E-state index in [0.29, 0.717) is 37.4 Å². The number of carbonyl (C=O) groups is 2. The van der Waals surface area contributed by atoms with Gasteiger partial charge in [-0.05, 0) is 65.1 Å². The molecule has 0 bridgehead atoms. The Morgan fingerprint density at radius 3 is 2.38 bits per heavy atom. The van der Waals surface area contributed by atoms with Gasteiger partial charge in [-0.2, -0.15) is 0 Å². The summed E-state index contributed by atoms with van der Waals surface area (Å²) in [4.78, 5) is 28.5. The third-order valence-electron chi connectivity index (χ3n) is 4.23. The molecule has 0 spiro atoms. The molecule has 1 aliphatic heterocycles. The van der Waals surface area contributed by atoms with Gasteiger partial charge in [0.15, 0.2) is 0 Å². The van der Waals surface area contributed by atoms with Gasteiger partial charge in [0.25, 0.3) is 5.91 Å². The largest absolute Gasteiger partial charge is 0.336 e. The first-order chi connectivity index (χ1) is 12.5. The zero-order chi connectivity index (χ0) is 18.5. The lowest BCUT2D eigenvalue weighted by Gasteiger charge is -2.34. The van der Waals surface area contributed by atoms with Crippen LogP contribution in [0.5, 0.6) is 0 Å². The van der Waals surface area contributed by atoms with E-state index in [0.717, 1.165) is 3.57 Å². The van der Waals surface area contributed by atoms with E-state index >= 15 is 0 Å². The normalized spacial score (nSPS) is 14.9. The highest BCUT2D eigenvalue weighted by Crippen LogP contribution is 2.13. The van der Waals surface area contributed by atoms with E-state index in [9.17, 15) is 14.0 Å². The summed E-state index contributed by atoms with van der Waals surface area (Å²) in [6, 6.07) is 13.2. The summed E-state index contributed by atoms with van der Waals surface area (Å²) >= 11 is 2.19. The van der Waals surface area contributed by atoms with Crippen LogP contribution in [0.3, 0.4) is 0 Å². The molecule has 26 heavy (non-hydrogen) atoms. The Hall–Kier alpha value is -2.00. The Morgan fingerprint density at radius 1 is 1.04 bits per heavy atom. The van der Waals surface area contributed by atoms with Crippen molar-refractivity contribution in [3.05, 3.63) is 63.5 Å². The van der Waals surface area contributed by atoms with E-state index in [1.165, 1.54) is 24.3 Å². The summed E-state index contributed by atoms with van der Waals surface area (Å²) in [6.07, 6.45) is 0. The maximum atomic E-state index is 12.9. The standard InChI is InChI=1S/C19H19FIN3O2/c20-15-4-6-17(7-5-15)22-18(25)13-23-8-10-24(11-9-23)19(26)14-2-1-3-16(21)12-14/h1-7,12H,8-11,13H2,(H,22,25). The zero-order valence-electron chi connectivity index (χ0n) is 14.1. The molecular weight excluding hydrogens is 448 g/mol. The van der Waals surface area contributed by atoms with E-state index in [2.05, 4.69) is 27.9 Å². The van der Waals surface area contributed by atoms with Gasteiger partial charge in [0.05, 0.1) is 6.54 Å². The number of hydrogen-bond acceptors (Lipinski definition) is 3. The number of rotatable bonds is 4. The van der Waals surface area contributed by atoms with Crippen LogP contribution in [0.4, 0.5) is 10.1 Å². The molecule has 1 aliphatic rings. The molecule has 3 rings (SSSR count). The van der Waals surface area contributed by atoms with Crippen LogP contribution in [0.15, 0.2) is 48.5 Å². The molecule has 0 unspecified atom stereocenters. The minimum atomic E-state index is -0.336. The first kappa shape index (κ1) is 18.8. The fourth-order valence-electron chi connectivity index (χ4n) is 2.85. The molecule has 1 N–H and O–H groups in total. The topological polar surface area (TPSA) is 52.7 Å². The summed E-state index contributed by atoms with van der Waals surface area (Å²) in [5.41, 5.74) is 1.27. The van der Waals surface area contributed by atoms with Crippen LogP contribution in [0.25, 0.3) is 0 Å². The van der Waals surface area contributed by atoms with Crippen molar-refractivity contribution in [1.82, 2.24) is 9.80 Å². The van der Waals surface area contributed by atoms with Crippen molar-refractivity contribution < 1.29 is 14.0 Å². The van der Waals surface area contributed by atoms with Gasteiger partial charge in [-0.3, -0.25) is 14.5 Å². The average molecular weight is 467 g/mol. The van der Waals surface area contributed by atoms with Crippen molar-refractivity contribution in [3.8, 4) is 0 Å². The van der Waals surface area contributed by atoms with Crippen LogP contribution in [0, 0.1) is 9.39 Å². The molecule has 0 aromatic heterocycles. The Labute approximate surface area is 165 Å². The number of nitrogens with zero attached hydrogens (tertiary/aromatic N) is 2. The lowest BCUT2D eigenvalue weighted by molar-refractivity contribution is -0.117. The smallest absolute Gasteiger partial charge is 0.253 e. The molecule has 1 heterocycles. The molecule has 0 radical (unpaired) electrons. The highest BCUT2D eigenvalue weighted by molar-refractivity contribution is 14.1. The monoisotopic (exact) mass is 467 g/mol. The Balaban J connectivity index is 1.48. The van der Waals surface area contributed by atoms with E-state index in [1.807, 2.05) is 34.1 Å². The number of anilines is 1. The number of nitrogens with one attached hydrogen (secondary N) is 1. The average Bonchev–Trinajstić information content (AvgIpc) is 2.64. The van der Waals surface area contributed by atoms with Crippen LogP contribution in [-0.4, -0.2) is 54.3 Å². The second kappa shape index (κ2) is 8.59. The quantitative estimate of drug-likeness (QED) is 0.704. The molecular formula is C19H19FIN3O2. The van der Waals surface area contributed by atoms with Crippen molar-refractivity contribution in [1.29, 1.82) is 0 Å². The van der Waals surface area contributed by atoms with Crippen LogP contribution >= 0.6 is 22.6 Å². The number of carbonyl (C=O) groups excluding carboxylic acids is 2. The van der Waals surface area contributed by atoms with Crippen molar-refractivity contribution in [3.63, 3.8) is 0 Å². The van der Waals surface area contributed by atoms with Gasteiger partial charge in [-0.1, -0.05) is 6.07 Å². The van der Waals surface area contributed by atoms with Crippen LogP contribution in [0.1, 0.15) is 10.4 Å². The third kappa shape index (κ3) is 5.01. The fourth-order valence-corrected chi connectivity index (χ4v) is 3.39. The molecule has 0 aliphatic carbocycles. The Kier molecular flexibility index (Phi) is 6.20. The van der Waals surface area contributed by atoms with E-state index in [1.54, 1.807) is 0 Å². The summed E-state index contributed by atoms with van der Waals surface area (Å²) in [6.45, 7) is 2.73. The Morgan fingerprint density at radius 2 is 1.73 bits per heavy atom. The van der Waals surface area contributed by atoms with Gasteiger partial charge < -0.3 is 10.2 Å². The van der Waals surface area contributed by atoms with Crippen LogP contribution in [-0.2, 0) is 4.79 Å². The van der Waals surface area contributed by atoms with E-state index < -0.39 is 0 Å². The van der Waals surface area contributed by atoms with Crippen molar-refractivity contribution in [2.75, 3.05) is 38.0 Å². The van der Waals surface area contributed by atoms with E-state index in [-0.39, 0.29) is 24.2 Å². The SMILES string of the molecule is O=C(CN1CCN(C(=O)c2cccc(I)c2)CC1)Nc1ccc(F)cc1. The lowest BCUT2D eigenvalue weighted by Crippen LogP contribution is -2.50. The maximum absolute atomic E-state index is 12.9. The number of hydrogen-bond donors (Lipinski definition) is 1. The molecule has 7 heteroatoms. The predicted octanol–water partition coefficient (Wildman–Crippen LogP) is 2.83. The van der Waals surface area contributed by atoms with Gasteiger partial charge >= 0.3 is 0 Å². The summed E-state index contributed by atoms with van der Waals surface area (Å²) in [5.74, 6) is -0.454. The summed E-state index contributed by atoms with van der Waals surface area (Å²) in [7, 11) is 0. The predicted molar refractivity (Wildman–Crippen MR) is 107 cm³/mol. The molecule has 2 aromatic rings. The van der Waals surface area contributed by atoms with Crippen LogP contribution in [0.2, 0.25) is 0 Å². The minimum Gasteiger partial charge on any atom is -0.336 e. The number of benzene rings is 2. The number of halogens is 2. The molecule has 1 fully saturated rings. The van der Waals surface area contributed by atoms with Gasteiger partial charge in [-0.15, -0.1) is 0 Å². The molecule has 0 atom stereocenters. The molecule has 5 nitrogen and oxygen atoms in total. The minimum absolute atomic E-state index is 0.0268. The fraction of sp³-hybridized carbons (Fsp3) is 0.263. The Bertz CT molecular complexity index is 790. The highest BCUT2D eigenvalue weighted by Gasteiger charge is 2.23. The number of piperazine rings is 1. The van der Waals surface area contributed by atoms with Crippen molar-refractivity contribution in [2.24, 2.45) is 0 Å². The molecule has 2 aromatic carbocycles. The van der Waals surface area contributed by atoms with Gasteiger partial charge in [0, 0.05) is 41.0 Å². The van der Waals surface area contributed by atoms with Gasteiger partial charge in [0.1, 0.15) is 5.82 Å². The second-order valence-electron chi connectivity index (χ2n) is 6.13. The van der Waals surface area contributed by atoms with E-state index in [4.69, 9.17) is 0 Å². The first-order valence-corrected chi connectivity index (χ1v) is 9.42. The first-order valence-electron chi connectivity index (χ1n) is 8.34. The van der Waals surface area contributed by atoms with Gasteiger partial charge in [-0.25, -0.2) is 4.39 Å². The summed E-state index contributed by atoms with van der Waals surface area (Å²) in [5, 5.41) is 2.75. The third-order valence-corrected chi connectivity index (χ3v) is 4.90. The van der Waals surface area contributed by atoms with Crippen molar-refractivity contribution >= 4 is 40.1 Å². The lowest BCUT2D eigenvalue weighted by atomic mass is 10.2. The molecule has 1 saturated heterocycles. The molecule has 136 valence electrons. The second-order valence-corrected chi connectivity index (χ2v) is 7.38. The maximum Gasteiger partial charge on any atom is 0.253 e. The van der Waals surface area contributed by atoms with Gasteiger partial charge in [0.2, 0.25) is 5.91 Å². The molecule has 0 saturated carbocycles.